The Morgan fingerprint density at radius 2 is 1.65 bits per heavy atom. The van der Waals surface area contributed by atoms with E-state index in [1.807, 2.05) is 12.2 Å². The Labute approximate surface area is 146 Å². The summed E-state index contributed by atoms with van der Waals surface area (Å²) in [7, 11) is 0. The van der Waals surface area contributed by atoms with E-state index >= 15 is 0 Å². The number of hydrogen-bond donors (Lipinski definition) is 1. The van der Waals surface area contributed by atoms with Crippen LogP contribution < -0.4 is 10.1 Å². The topological polar surface area (TPSA) is 151 Å². The summed E-state index contributed by atoms with van der Waals surface area (Å²) in [6, 6.07) is 1.33. The molecule has 1 aromatic rings. The molecule has 1 aromatic carbocycles. The summed E-state index contributed by atoms with van der Waals surface area (Å²) in [6.45, 7) is 0.561. The van der Waals surface area contributed by atoms with Crippen LogP contribution in [-0.2, 0) is 0 Å². The summed E-state index contributed by atoms with van der Waals surface area (Å²) in [4.78, 5) is 30.8. The van der Waals surface area contributed by atoms with Gasteiger partial charge in [0.05, 0.1) is 26.9 Å². The number of nitrogens with one attached hydrogen (secondary N) is 1. The number of allylic oxidation sites excluding steroid dienone is 1. The van der Waals surface area contributed by atoms with Gasteiger partial charge in [0, 0.05) is 12.1 Å². The van der Waals surface area contributed by atoms with Crippen LogP contribution in [0.5, 0.6) is 5.75 Å². The molecule has 1 N–H and O–H groups in total. The van der Waals surface area contributed by atoms with Crippen molar-refractivity contribution in [1.29, 1.82) is 0 Å². The Morgan fingerprint density at radius 1 is 1.00 bits per heavy atom. The number of nitro groups is 3. The van der Waals surface area contributed by atoms with E-state index in [4.69, 9.17) is 4.74 Å². The third-order valence-electron chi connectivity index (χ3n) is 4.23. The zero-order valence-electron chi connectivity index (χ0n) is 13.4. The second kappa shape index (κ2) is 6.88. The number of benzene rings is 1. The number of rotatable bonds is 5. The molecule has 0 spiro atoms. The van der Waals surface area contributed by atoms with Crippen molar-refractivity contribution in [3.8, 4) is 5.75 Å². The first-order valence-corrected chi connectivity index (χ1v) is 7.78. The molecule has 0 radical (unpaired) electrons. The van der Waals surface area contributed by atoms with Crippen LogP contribution in [0.1, 0.15) is 19.3 Å². The van der Waals surface area contributed by atoms with Gasteiger partial charge in [0.1, 0.15) is 0 Å². The lowest BCUT2D eigenvalue weighted by atomic mass is 9.91. The third kappa shape index (κ3) is 3.24. The van der Waals surface area contributed by atoms with Crippen molar-refractivity contribution in [2.24, 2.45) is 0 Å². The Kier molecular flexibility index (Phi) is 4.63. The van der Waals surface area contributed by atoms with Crippen LogP contribution in [0.2, 0.25) is 0 Å². The molecule has 1 aliphatic heterocycles. The van der Waals surface area contributed by atoms with Gasteiger partial charge >= 0.3 is 11.4 Å². The molecule has 1 atom stereocenters. The van der Waals surface area contributed by atoms with E-state index in [0.29, 0.717) is 18.7 Å². The monoisotopic (exact) mass is 362 g/mol. The van der Waals surface area contributed by atoms with Crippen LogP contribution in [0.4, 0.5) is 17.1 Å². The summed E-state index contributed by atoms with van der Waals surface area (Å²) >= 11 is 0. The van der Waals surface area contributed by atoms with Crippen molar-refractivity contribution in [3.05, 3.63) is 65.8 Å². The van der Waals surface area contributed by atoms with Gasteiger partial charge in [0.25, 0.3) is 11.4 Å². The molecular formula is C15H14N4O7. The second-order valence-electron chi connectivity index (χ2n) is 5.79. The molecule has 3 rings (SSSR count). The quantitative estimate of drug-likeness (QED) is 0.620. The lowest BCUT2D eigenvalue weighted by Gasteiger charge is -2.30. The standard InChI is InChI=1S/C15H14N4O7/c20-17(21)10-7-12(18(22)23)14(13(8-10)19(24)25)26-15-11-4-2-1-3-9(11)5-6-16-15/h2,4,7-8,15-16H,1,3,5-6H2. The highest BCUT2D eigenvalue weighted by atomic mass is 16.6. The van der Waals surface area contributed by atoms with Gasteiger partial charge in [-0.25, -0.2) is 0 Å². The van der Waals surface area contributed by atoms with Crippen molar-refractivity contribution in [2.45, 2.75) is 25.5 Å². The first kappa shape index (κ1) is 17.5. The van der Waals surface area contributed by atoms with Gasteiger partial charge < -0.3 is 4.74 Å². The highest BCUT2D eigenvalue weighted by Crippen LogP contribution is 2.42. The first-order chi connectivity index (χ1) is 12.4. The van der Waals surface area contributed by atoms with Crippen LogP contribution in [0.3, 0.4) is 0 Å². The molecule has 0 saturated heterocycles. The molecule has 0 aromatic heterocycles. The summed E-state index contributed by atoms with van der Waals surface area (Å²) in [5.74, 6) is -0.601. The van der Waals surface area contributed by atoms with Crippen molar-refractivity contribution in [2.75, 3.05) is 6.54 Å². The van der Waals surface area contributed by atoms with E-state index < -0.39 is 43.8 Å². The number of nitro benzene ring substituents is 3. The molecule has 136 valence electrons. The highest BCUT2D eigenvalue weighted by Gasteiger charge is 2.35. The zero-order valence-corrected chi connectivity index (χ0v) is 13.4. The van der Waals surface area contributed by atoms with Gasteiger partial charge in [-0.05, 0) is 19.3 Å². The van der Waals surface area contributed by atoms with E-state index in [1.165, 1.54) is 0 Å². The fourth-order valence-electron chi connectivity index (χ4n) is 3.04. The maximum Gasteiger partial charge on any atom is 0.325 e. The normalized spacial score (nSPS) is 19.0. The molecular weight excluding hydrogens is 348 g/mol. The molecule has 1 heterocycles. The number of nitrogens with zero attached hydrogens (tertiary/aromatic N) is 3. The molecule has 1 unspecified atom stereocenters. The van der Waals surface area contributed by atoms with Crippen LogP contribution in [0, 0.1) is 30.3 Å². The summed E-state index contributed by atoms with van der Waals surface area (Å²) in [5.41, 5.74) is -0.474. The Balaban J connectivity index is 2.08. The largest absolute Gasteiger partial charge is 0.459 e. The molecule has 26 heavy (non-hydrogen) atoms. The predicted molar refractivity (Wildman–Crippen MR) is 88.8 cm³/mol. The van der Waals surface area contributed by atoms with E-state index in [1.54, 1.807) is 0 Å². The molecule has 0 bridgehead atoms. The number of hydrogen-bond acceptors (Lipinski definition) is 8. The van der Waals surface area contributed by atoms with Gasteiger partial charge in [0.2, 0.25) is 0 Å². The third-order valence-corrected chi connectivity index (χ3v) is 4.23. The summed E-state index contributed by atoms with van der Waals surface area (Å²) in [6.07, 6.45) is 5.47. The fourth-order valence-corrected chi connectivity index (χ4v) is 3.04. The van der Waals surface area contributed by atoms with Crippen molar-refractivity contribution in [1.82, 2.24) is 5.32 Å². The number of non-ortho nitro benzene ring substituents is 1. The molecule has 1 aliphatic carbocycles. The first-order valence-electron chi connectivity index (χ1n) is 7.78. The maximum atomic E-state index is 11.3. The van der Waals surface area contributed by atoms with Gasteiger partial charge in [-0.15, -0.1) is 0 Å². The minimum atomic E-state index is -0.926. The van der Waals surface area contributed by atoms with Gasteiger partial charge in [-0.1, -0.05) is 17.7 Å². The van der Waals surface area contributed by atoms with Crippen LogP contribution in [0.25, 0.3) is 0 Å². The van der Waals surface area contributed by atoms with Crippen LogP contribution >= 0.6 is 0 Å². The van der Waals surface area contributed by atoms with Crippen molar-refractivity contribution in [3.63, 3.8) is 0 Å². The molecule has 11 nitrogen and oxygen atoms in total. The van der Waals surface area contributed by atoms with Gasteiger partial charge in [0.15, 0.2) is 6.23 Å². The van der Waals surface area contributed by atoms with Gasteiger partial charge in [-0.2, -0.15) is 0 Å². The van der Waals surface area contributed by atoms with Crippen molar-refractivity contribution >= 4 is 17.1 Å². The van der Waals surface area contributed by atoms with E-state index in [0.717, 1.165) is 30.4 Å². The molecule has 0 saturated carbocycles. The second-order valence-corrected chi connectivity index (χ2v) is 5.79. The Hall–Kier alpha value is -3.34. The van der Waals surface area contributed by atoms with Crippen LogP contribution in [0.15, 0.2) is 35.4 Å². The highest BCUT2D eigenvalue weighted by molar-refractivity contribution is 5.66. The molecule has 0 amide bonds. The SMILES string of the molecule is O=[N+]([O-])c1cc([N+](=O)[O-])c(OC2NCCC3=C2C=CCC3)c([N+](=O)[O-])c1. The minimum Gasteiger partial charge on any atom is -0.459 e. The summed E-state index contributed by atoms with van der Waals surface area (Å²) < 4.78 is 5.62. The van der Waals surface area contributed by atoms with E-state index in [9.17, 15) is 30.3 Å². The lowest BCUT2D eigenvalue weighted by molar-refractivity contribution is -0.404. The van der Waals surface area contributed by atoms with E-state index in [-0.39, 0.29) is 0 Å². The zero-order chi connectivity index (χ0) is 18.8. The smallest absolute Gasteiger partial charge is 0.325 e. The molecule has 0 fully saturated rings. The summed E-state index contributed by atoms with van der Waals surface area (Å²) in [5, 5.41) is 36.6. The number of ether oxygens (including phenoxy) is 1. The van der Waals surface area contributed by atoms with Crippen molar-refractivity contribution < 1.29 is 19.5 Å². The van der Waals surface area contributed by atoms with E-state index in [2.05, 4.69) is 5.32 Å². The Morgan fingerprint density at radius 3 is 2.23 bits per heavy atom. The van der Waals surface area contributed by atoms with Crippen LogP contribution in [-0.4, -0.2) is 27.5 Å². The molecule has 2 aliphatic rings. The van der Waals surface area contributed by atoms with Gasteiger partial charge in [-0.3, -0.25) is 35.7 Å². The maximum absolute atomic E-state index is 11.3. The fraction of sp³-hybridized carbons (Fsp3) is 0.333. The Bertz CT molecular complexity index is 827. The average molecular weight is 362 g/mol. The lowest BCUT2D eigenvalue weighted by Crippen LogP contribution is -2.41. The average Bonchev–Trinajstić information content (AvgIpc) is 2.61. The molecule has 11 heteroatoms. The predicted octanol–water partition coefficient (Wildman–Crippen LogP) is 2.76. The minimum absolute atomic E-state index is 0.561.